The number of anilines is 1. The number of hydrogen-bond acceptors (Lipinski definition) is 5. The fraction of sp³-hybridized carbons (Fsp3) is 0.0400. The molecule has 0 fully saturated rings. The number of methoxy groups -OCH3 is 1. The summed E-state index contributed by atoms with van der Waals surface area (Å²) in [6.45, 7) is 0. The Morgan fingerprint density at radius 1 is 0.806 bits per heavy atom. The number of carbonyl (C=O) groups is 2. The zero-order valence-electron chi connectivity index (χ0n) is 16.8. The molecule has 4 aromatic rings. The van der Waals surface area contributed by atoms with E-state index in [1.54, 1.807) is 61.7 Å². The van der Waals surface area contributed by atoms with Crippen molar-refractivity contribution in [1.82, 2.24) is 9.97 Å². The number of ether oxygens (including phenoxy) is 1. The van der Waals surface area contributed by atoms with E-state index in [0.717, 1.165) is 5.56 Å². The first-order valence-corrected chi connectivity index (χ1v) is 9.63. The van der Waals surface area contributed by atoms with E-state index in [1.807, 2.05) is 30.3 Å². The largest absolute Gasteiger partial charge is 0.496 e. The number of nitrogens with zero attached hydrogens (tertiary/aromatic N) is 2. The highest BCUT2D eigenvalue weighted by molar-refractivity contribution is 6.17. The number of nitrogens with one attached hydrogen (secondary N) is 1. The molecule has 0 saturated heterocycles. The van der Waals surface area contributed by atoms with Crippen LogP contribution < -0.4 is 10.1 Å². The second-order valence-electron chi connectivity index (χ2n) is 6.68. The van der Waals surface area contributed by atoms with Crippen LogP contribution in [0.3, 0.4) is 0 Å². The molecule has 0 saturated carbocycles. The lowest BCUT2D eigenvalue weighted by molar-refractivity contribution is 0.0996. The number of aromatic nitrogens is 2. The minimum absolute atomic E-state index is 0.219. The maximum absolute atomic E-state index is 13.0. The van der Waals surface area contributed by atoms with Gasteiger partial charge in [0.15, 0.2) is 5.78 Å². The Kier molecular flexibility index (Phi) is 5.80. The van der Waals surface area contributed by atoms with E-state index in [4.69, 9.17) is 4.74 Å². The predicted molar refractivity (Wildman–Crippen MR) is 118 cm³/mol. The molecule has 1 N–H and O–H groups in total. The molecule has 4 rings (SSSR count). The quantitative estimate of drug-likeness (QED) is 0.470. The zero-order chi connectivity index (χ0) is 21.6. The van der Waals surface area contributed by atoms with Crippen molar-refractivity contribution >= 4 is 17.5 Å². The minimum atomic E-state index is -0.426. The summed E-state index contributed by atoms with van der Waals surface area (Å²) in [7, 11) is 1.59. The first-order chi connectivity index (χ1) is 15.2. The van der Waals surface area contributed by atoms with E-state index < -0.39 is 5.91 Å². The highest BCUT2D eigenvalue weighted by Gasteiger charge is 2.18. The molecule has 0 bridgehead atoms. The van der Waals surface area contributed by atoms with E-state index in [1.165, 1.54) is 6.33 Å². The molecule has 152 valence electrons. The molecule has 0 atom stereocenters. The van der Waals surface area contributed by atoms with Crippen LogP contribution in [-0.4, -0.2) is 28.8 Å². The zero-order valence-corrected chi connectivity index (χ0v) is 16.8. The van der Waals surface area contributed by atoms with Crippen LogP contribution in [0.1, 0.15) is 26.3 Å². The number of benzene rings is 3. The lowest BCUT2D eigenvalue weighted by Gasteiger charge is -2.11. The molecule has 0 unspecified atom stereocenters. The third-order valence-electron chi connectivity index (χ3n) is 4.74. The van der Waals surface area contributed by atoms with E-state index in [0.29, 0.717) is 28.4 Å². The maximum atomic E-state index is 13.0. The van der Waals surface area contributed by atoms with Crippen molar-refractivity contribution in [2.45, 2.75) is 0 Å². The maximum Gasteiger partial charge on any atom is 0.257 e. The monoisotopic (exact) mass is 409 g/mol. The second-order valence-corrected chi connectivity index (χ2v) is 6.68. The number of amides is 1. The minimum Gasteiger partial charge on any atom is -0.496 e. The van der Waals surface area contributed by atoms with Gasteiger partial charge in [-0.15, -0.1) is 0 Å². The Morgan fingerprint density at radius 2 is 1.48 bits per heavy atom. The highest BCUT2D eigenvalue weighted by atomic mass is 16.5. The number of carbonyl (C=O) groups excluding carboxylic acids is 2. The van der Waals surface area contributed by atoms with Crippen LogP contribution in [0.2, 0.25) is 0 Å². The Balaban J connectivity index is 1.62. The van der Waals surface area contributed by atoms with Crippen LogP contribution >= 0.6 is 0 Å². The number of para-hydroxylation sites is 1. The van der Waals surface area contributed by atoms with Gasteiger partial charge in [-0.2, -0.15) is 0 Å². The van der Waals surface area contributed by atoms with E-state index >= 15 is 0 Å². The Labute approximate surface area is 179 Å². The fourth-order valence-electron chi connectivity index (χ4n) is 3.24. The summed E-state index contributed by atoms with van der Waals surface area (Å²) in [5, 5.41) is 2.77. The van der Waals surface area contributed by atoms with Gasteiger partial charge in [0.2, 0.25) is 0 Å². The number of ketones is 1. The molecule has 1 amide bonds. The van der Waals surface area contributed by atoms with Crippen molar-refractivity contribution in [2.24, 2.45) is 0 Å². The summed E-state index contributed by atoms with van der Waals surface area (Å²) < 4.78 is 5.39. The molecule has 3 aromatic carbocycles. The average molecular weight is 409 g/mol. The van der Waals surface area contributed by atoms with Gasteiger partial charge >= 0.3 is 0 Å². The molecule has 0 aliphatic heterocycles. The van der Waals surface area contributed by atoms with Crippen molar-refractivity contribution in [2.75, 3.05) is 12.4 Å². The third kappa shape index (κ3) is 4.33. The average Bonchev–Trinajstić information content (AvgIpc) is 2.84. The van der Waals surface area contributed by atoms with Crippen molar-refractivity contribution in [3.63, 3.8) is 0 Å². The molecule has 0 aliphatic rings. The van der Waals surface area contributed by atoms with Crippen LogP contribution in [0, 0.1) is 0 Å². The smallest absolute Gasteiger partial charge is 0.257 e. The number of hydrogen-bond donors (Lipinski definition) is 1. The van der Waals surface area contributed by atoms with Crippen LogP contribution in [0.15, 0.2) is 91.3 Å². The van der Waals surface area contributed by atoms with Crippen LogP contribution in [-0.2, 0) is 0 Å². The van der Waals surface area contributed by atoms with Crippen molar-refractivity contribution in [3.05, 3.63) is 108 Å². The fourth-order valence-corrected chi connectivity index (χ4v) is 3.24. The molecular formula is C25H19N3O3. The van der Waals surface area contributed by atoms with Gasteiger partial charge in [0.1, 0.15) is 17.9 Å². The molecule has 1 aromatic heterocycles. The first-order valence-electron chi connectivity index (χ1n) is 9.63. The van der Waals surface area contributed by atoms with Gasteiger partial charge < -0.3 is 10.1 Å². The molecular weight excluding hydrogens is 390 g/mol. The molecule has 6 heteroatoms. The van der Waals surface area contributed by atoms with Gasteiger partial charge in [-0.3, -0.25) is 9.59 Å². The van der Waals surface area contributed by atoms with Gasteiger partial charge in [0.25, 0.3) is 5.91 Å². The Morgan fingerprint density at radius 3 is 2.26 bits per heavy atom. The summed E-state index contributed by atoms with van der Waals surface area (Å²) in [6.07, 6.45) is 1.37. The first kappa shape index (κ1) is 20.0. The molecule has 31 heavy (non-hydrogen) atoms. The molecule has 0 radical (unpaired) electrons. The van der Waals surface area contributed by atoms with Gasteiger partial charge in [-0.05, 0) is 18.2 Å². The normalized spacial score (nSPS) is 10.4. The summed E-state index contributed by atoms with van der Waals surface area (Å²) in [4.78, 5) is 34.3. The summed E-state index contributed by atoms with van der Waals surface area (Å²) in [5.41, 5.74) is 2.50. The van der Waals surface area contributed by atoms with Crippen LogP contribution in [0.4, 0.5) is 5.82 Å². The van der Waals surface area contributed by atoms with Gasteiger partial charge in [-0.1, -0.05) is 60.7 Å². The summed E-state index contributed by atoms with van der Waals surface area (Å²) in [6, 6.07) is 24.7. The summed E-state index contributed by atoms with van der Waals surface area (Å²) in [5.74, 6) is 0.341. The molecule has 0 aliphatic carbocycles. The van der Waals surface area contributed by atoms with E-state index in [-0.39, 0.29) is 11.3 Å². The standard InChI is InChI=1S/C25H19N3O3/c1-31-22-14-8-7-13-20(22)21-15-23(27-16-26-21)28-25(30)19-12-6-5-11-18(19)24(29)17-9-3-2-4-10-17/h2-16H,1H3,(H,26,27,28,30). The highest BCUT2D eigenvalue weighted by Crippen LogP contribution is 2.28. The van der Waals surface area contributed by atoms with Crippen molar-refractivity contribution in [1.29, 1.82) is 0 Å². The SMILES string of the molecule is COc1ccccc1-c1cc(NC(=O)c2ccccc2C(=O)c2ccccc2)ncn1. The topological polar surface area (TPSA) is 81.2 Å². The third-order valence-corrected chi connectivity index (χ3v) is 4.74. The van der Waals surface area contributed by atoms with E-state index in [2.05, 4.69) is 15.3 Å². The summed E-state index contributed by atoms with van der Waals surface area (Å²) >= 11 is 0. The Hall–Kier alpha value is -4.32. The lowest BCUT2D eigenvalue weighted by Crippen LogP contribution is -2.17. The number of rotatable bonds is 6. The Bertz CT molecular complexity index is 1240. The van der Waals surface area contributed by atoms with Crippen molar-refractivity contribution in [3.8, 4) is 17.0 Å². The molecule has 1 heterocycles. The van der Waals surface area contributed by atoms with Crippen LogP contribution in [0.5, 0.6) is 5.75 Å². The van der Waals surface area contributed by atoms with Gasteiger partial charge in [0, 0.05) is 22.8 Å². The van der Waals surface area contributed by atoms with Gasteiger partial charge in [-0.25, -0.2) is 9.97 Å². The van der Waals surface area contributed by atoms with E-state index in [9.17, 15) is 9.59 Å². The molecule has 6 nitrogen and oxygen atoms in total. The van der Waals surface area contributed by atoms with Crippen molar-refractivity contribution < 1.29 is 14.3 Å². The van der Waals surface area contributed by atoms with Gasteiger partial charge in [0.05, 0.1) is 18.4 Å². The van der Waals surface area contributed by atoms with Crippen LogP contribution in [0.25, 0.3) is 11.3 Å². The predicted octanol–water partition coefficient (Wildman–Crippen LogP) is 4.64. The molecule has 0 spiro atoms. The second kappa shape index (κ2) is 9.00. The lowest BCUT2D eigenvalue weighted by atomic mass is 9.98.